The van der Waals surface area contributed by atoms with E-state index in [2.05, 4.69) is 37.9 Å². The Morgan fingerprint density at radius 1 is 1.12 bits per heavy atom. The van der Waals surface area contributed by atoms with E-state index < -0.39 is 0 Å². The monoisotopic (exact) mass is 244 g/mol. The molecule has 0 fully saturated rings. The second kappa shape index (κ2) is 12.3. The van der Waals surface area contributed by atoms with Crippen molar-refractivity contribution in [2.75, 3.05) is 39.4 Å². The fraction of sp³-hybridized carbons (Fsp3) is 1.00. The predicted molar refractivity (Wildman–Crippen MR) is 75.6 cm³/mol. The van der Waals surface area contributed by atoms with E-state index in [1.165, 1.54) is 19.3 Å². The summed E-state index contributed by atoms with van der Waals surface area (Å²) >= 11 is 0. The summed E-state index contributed by atoms with van der Waals surface area (Å²) in [4.78, 5) is 2.54. The Hall–Kier alpha value is -0.120. The molecule has 1 atom stereocenters. The van der Waals surface area contributed by atoms with Crippen LogP contribution >= 0.6 is 0 Å². The van der Waals surface area contributed by atoms with E-state index in [4.69, 9.17) is 4.74 Å². The zero-order chi connectivity index (χ0) is 12.9. The SMILES string of the molecule is CCCNCC(CCC)N(CC)CCOCC. The van der Waals surface area contributed by atoms with Crippen LogP contribution in [-0.4, -0.2) is 50.3 Å². The van der Waals surface area contributed by atoms with Crippen molar-refractivity contribution >= 4 is 0 Å². The molecule has 0 bridgehead atoms. The zero-order valence-corrected chi connectivity index (χ0v) is 12.3. The summed E-state index contributed by atoms with van der Waals surface area (Å²) < 4.78 is 5.46. The van der Waals surface area contributed by atoms with Gasteiger partial charge in [-0.3, -0.25) is 4.90 Å². The third-order valence-corrected chi connectivity index (χ3v) is 3.08. The predicted octanol–water partition coefficient (Wildman–Crippen LogP) is 2.51. The van der Waals surface area contributed by atoms with Crippen LogP contribution in [-0.2, 0) is 4.74 Å². The second-order valence-corrected chi connectivity index (χ2v) is 4.47. The molecule has 0 heterocycles. The van der Waals surface area contributed by atoms with E-state index >= 15 is 0 Å². The van der Waals surface area contributed by atoms with Crippen molar-refractivity contribution in [3.63, 3.8) is 0 Å². The van der Waals surface area contributed by atoms with E-state index in [1.807, 2.05) is 0 Å². The number of hydrogen-bond acceptors (Lipinski definition) is 3. The van der Waals surface area contributed by atoms with Crippen LogP contribution in [0.5, 0.6) is 0 Å². The summed E-state index contributed by atoms with van der Waals surface area (Å²) in [6.07, 6.45) is 3.74. The van der Waals surface area contributed by atoms with Crippen LogP contribution in [0.15, 0.2) is 0 Å². The highest BCUT2D eigenvalue weighted by Gasteiger charge is 2.15. The van der Waals surface area contributed by atoms with Crippen molar-refractivity contribution in [2.45, 2.75) is 53.0 Å². The van der Waals surface area contributed by atoms with E-state index in [1.54, 1.807) is 0 Å². The van der Waals surface area contributed by atoms with Crippen molar-refractivity contribution in [3.05, 3.63) is 0 Å². The first-order chi connectivity index (χ1) is 8.29. The molecule has 0 rings (SSSR count). The molecule has 3 heteroatoms. The lowest BCUT2D eigenvalue weighted by Crippen LogP contribution is -2.44. The van der Waals surface area contributed by atoms with E-state index in [-0.39, 0.29) is 0 Å². The molecule has 0 saturated carbocycles. The summed E-state index contributed by atoms with van der Waals surface area (Å²) in [7, 11) is 0. The van der Waals surface area contributed by atoms with E-state index in [0.717, 1.165) is 39.4 Å². The molecule has 104 valence electrons. The molecule has 0 radical (unpaired) electrons. The molecule has 0 aliphatic carbocycles. The minimum Gasteiger partial charge on any atom is -0.380 e. The van der Waals surface area contributed by atoms with Crippen molar-refractivity contribution in [1.29, 1.82) is 0 Å². The molecule has 0 aliphatic heterocycles. The van der Waals surface area contributed by atoms with Crippen molar-refractivity contribution in [1.82, 2.24) is 10.2 Å². The summed E-state index contributed by atoms with van der Waals surface area (Å²) in [5.41, 5.74) is 0. The normalized spacial score (nSPS) is 13.2. The maximum absolute atomic E-state index is 5.46. The van der Waals surface area contributed by atoms with Crippen LogP contribution in [0.2, 0.25) is 0 Å². The summed E-state index contributed by atoms with van der Waals surface area (Å²) in [6, 6.07) is 0.664. The number of rotatable bonds is 12. The Morgan fingerprint density at radius 2 is 1.88 bits per heavy atom. The molecule has 0 amide bonds. The van der Waals surface area contributed by atoms with Crippen LogP contribution in [0.25, 0.3) is 0 Å². The van der Waals surface area contributed by atoms with Gasteiger partial charge in [0.1, 0.15) is 0 Å². The van der Waals surface area contributed by atoms with Crippen molar-refractivity contribution in [2.24, 2.45) is 0 Å². The summed E-state index contributed by atoms with van der Waals surface area (Å²) in [5.74, 6) is 0. The molecule has 1 unspecified atom stereocenters. The second-order valence-electron chi connectivity index (χ2n) is 4.47. The number of nitrogens with zero attached hydrogens (tertiary/aromatic N) is 1. The smallest absolute Gasteiger partial charge is 0.0593 e. The van der Waals surface area contributed by atoms with Crippen LogP contribution in [0.1, 0.15) is 47.0 Å². The average molecular weight is 244 g/mol. The third-order valence-electron chi connectivity index (χ3n) is 3.08. The standard InChI is InChI=1S/C14H32N2O/c1-5-9-14(13-15-10-6-2)16(7-3)11-12-17-8-4/h14-15H,5-13H2,1-4H3. The molecule has 0 aromatic rings. The van der Waals surface area contributed by atoms with Gasteiger partial charge in [0.25, 0.3) is 0 Å². The van der Waals surface area contributed by atoms with Gasteiger partial charge in [-0.2, -0.15) is 0 Å². The number of nitrogens with one attached hydrogen (secondary N) is 1. The Morgan fingerprint density at radius 3 is 2.41 bits per heavy atom. The van der Waals surface area contributed by atoms with Gasteiger partial charge >= 0.3 is 0 Å². The van der Waals surface area contributed by atoms with Gasteiger partial charge < -0.3 is 10.1 Å². The lowest BCUT2D eigenvalue weighted by Gasteiger charge is -2.30. The lowest BCUT2D eigenvalue weighted by molar-refractivity contribution is 0.0935. The Kier molecular flexibility index (Phi) is 12.3. The molecular formula is C14H32N2O. The number of ether oxygens (including phenoxy) is 1. The van der Waals surface area contributed by atoms with Gasteiger partial charge in [0, 0.05) is 25.7 Å². The Balaban J connectivity index is 4.00. The van der Waals surface area contributed by atoms with Gasteiger partial charge in [-0.1, -0.05) is 27.2 Å². The Bertz CT molecular complexity index is 153. The van der Waals surface area contributed by atoms with Crippen molar-refractivity contribution < 1.29 is 4.74 Å². The van der Waals surface area contributed by atoms with E-state index in [0.29, 0.717) is 6.04 Å². The maximum Gasteiger partial charge on any atom is 0.0593 e. The minimum atomic E-state index is 0.664. The van der Waals surface area contributed by atoms with Gasteiger partial charge in [-0.25, -0.2) is 0 Å². The number of likely N-dealkylation sites (N-methyl/N-ethyl adjacent to an activating group) is 1. The molecule has 0 aromatic carbocycles. The zero-order valence-electron chi connectivity index (χ0n) is 12.3. The maximum atomic E-state index is 5.46. The highest BCUT2D eigenvalue weighted by molar-refractivity contribution is 4.73. The first kappa shape index (κ1) is 16.9. The van der Waals surface area contributed by atoms with Gasteiger partial charge in [-0.15, -0.1) is 0 Å². The van der Waals surface area contributed by atoms with Crippen LogP contribution < -0.4 is 5.32 Å². The molecule has 0 aliphatic rings. The van der Waals surface area contributed by atoms with Gasteiger partial charge in [-0.05, 0) is 32.9 Å². The Labute approximate surface area is 108 Å². The summed E-state index contributed by atoms with van der Waals surface area (Å²) in [5, 5.41) is 3.54. The molecular weight excluding hydrogens is 212 g/mol. The lowest BCUT2D eigenvalue weighted by atomic mass is 10.1. The van der Waals surface area contributed by atoms with Gasteiger partial charge in [0.05, 0.1) is 6.61 Å². The first-order valence-corrected chi connectivity index (χ1v) is 7.32. The fourth-order valence-corrected chi connectivity index (χ4v) is 2.12. The van der Waals surface area contributed by atoms with Gasteiger partial charge in [0.15, 0.2) is 0 Å². The quantitative estimate of drug-likeness (QED) is 0.534. The van der Waals surface area contributed by atoms with Gasteiger partial charge in [0.2, 0.25) is 0 Å². The summed E-state index contributed by atoms with van der Waals surface area (Å²) in [6.45, 7) is 14.9. The molecule has 3 nitrogen and oxygen atoms in total. The highest BCUT2D eigenvalue weighted by Crippen LogP contribution is 2.06. The molecule has 0 spiro atoms. The topological polar surface area (TPSA) is 24.5 Å². The largest absolute Gasteiger partial charge is 0.380 e. The third kappa shape index (κ3) is 8.58. The highest BCUT2D eigenvalue weighted by atomic mass is 16.5. The van der Waals surface area contributed by atoms with Crippen LogP contribution in [0.4, 0.5) is 0 Å². The molecule has 17 heavy (non-hydrogen) atoms. The average Bonchev–Trinajstić information content (AvgIpc) is 2.34. The van der Waals surface area contributed by atoms with Crippen LogP contribution in [0.3, 0.4) is 0 Å². The minimum absolute atomic E-state index is 0.664. The van der Waals surface area contributed by atoms with Crippen molar-refractivity contribution in [3.8, 4) is 0 Å². The first-order valence-electron chi connectivity index (χ1n) is 7.32. The van der Waals surface area contributed by atoms with Crippen LogP contribution in [0, 0.1) is 0 Å². The number of hydrogen-bond donors (Lipinski definition) is 1. The van der Waals surface area contributed by atoms with E-state index in [9.17, 15) is 0 Å². The molecule has 0 saturated heterocycles. The molecule has 1 N–H and O–H groups in total. The fourth-order valence-electron chi connectivity index (χ4n) is 2.12. The molecule has 0 aromatic heterocycles.